The number of aliphatic hydroxyl groups is 3. The molecule has 0 radical (unpaired) electrons. The fraction of sp³-hybridized carbons (Fsp3) is 0.913. The molecule has 0 amide bonds. The van der Waals surface area contributed by atoms with E-state index in [1.54, 1.807) is 4.68 Å². The number of aliphatic hydroxyl groups excluding tert-OH is 3. The van der Waals surface area contributed by atoms with Gasteiger partial charge < -0.3 is 30.5 Å². The third kappa shape index (κ3) is 9.41. The summed E-state index contributed by atoms with van der Waals surface area (Å²) in [5.41, 5.74) is 6.15. The maximum Gasteiger partial charge on any atom is 0.187 e. The van der Waals surface area contributed by atoms with Crippen LogP contribution in [0.1, 0.15) is 89.7 Å². The van der Waals surface area contributed by atoms with E-state index in [1.807, 2.05) is 6.20 Å². The lowest BCUT2D eigenvalue weighted by Crippen LogP contribution is -2.59. The molecule has 0 bridgehead atoms. The van der Waals surface area contributed by atoms with Gasteiger partial charge in [-0.15, -0.1) is 5.10 Å². The molecule has 1 aromatic rings. The minimum absolute atomic E-state index is 0.0139. The predicted octanol–water partition coefficient (Wildman–Crippen LogP) is 2.26. The first-order chi connectivity index (χ1) is 15.6. The lowest BCUT2D eigenvalue weighted by atomic mass is 9.99. The summed E-state index contributed by atoms with van der Waals surface area (Å²) in [6.07, 6.45) is 11.7. The fourth-order valence-electron chi connectivity index (χ4n) is 4.05. The van der Waals surface area contributed by atoms with E-state index < -0.39 is 30.7 Å². The van der Waals surface area contributed by atoms with Gasteiger partial charge >= 0.3 is 0 Å². The van der Waals surface area contributed by atoms with Crippen molar-refractivity contribution in [3.63, 3.8) is 0 Å². The summed E-state index contributed by atoms with van der Waals surface area (Å²) in [4.78, 5) is 0. The van der Waals surface area contributed by atoms with Gasteiger partial charge in [-0.2, -0.15) is 0 Å². The van der Waals surface area contributed by atoms with Gasteiger partial charge in [0.1, 0.15) is 30.1 Å². The molecule has 1 aliphatic heterocycles. The van der Waals surface area contributed by atoms with Gasteiger partial charge in [-0.3, -0.25) is 4.68 Å². The number of rotatable bonds is 17. The number of aromatic nitrogens is 3. The number of hydrogen-bond donors (Lipinski definition) is 4. The predicted molar refractivity (Wildman–Crippen MR) is 122 cm³/mol. The Kier molecular flexibility index (Phi) is 13.3. The topological polar surface area (TPSA) is 136 Å². The van der Waals surface area contributed by atoms with Crippen molar-refractivity contribution in [2.45, 2.75) is 128 Å². The van der Waals surface area contributed by atoms with E-state index in [4.69, 9.17) is 15.2 Å². The van der Waals surface area contributed by atoms with E-state index in [9.17, 15) is 15.3 Å². The van der Waals surface area contributed by atoms with Crippen LogP contribution in [0.25, 0.3) is 0 Å². The molecular weight excluding hydrogens is 412 g/mol. The van der Waals surface area contributed by atoms with Crippen LogP contribution in [-0.2, 0) is 22.6 Å². The number of aryl methyl sites for hydroxylation is 1. The molecule has 0 spiro atoms. The number of ether oxygens (including phenoxy) is 2. The quantitative estimate of drug-likeness (QED) is 0.262. The molecular formula is C23H44N4O5. The van der Waals surface area contributed by atoms with E-state index in [1.165, 1.54) is 70.6 Å². The summed E-state index contributed by atoms with van der Waals surface area (Å²) in [5, 5.41) is 38.0. The first-order valence-electron chi connectivity index (χ1n) is 12.5. The Labute approximate surface area is 192 Å². The van der Waals surface area contributed by atoms with Gasteiger partial charge in [0.05, 0.1) is 12.8 Å². The highest BCUT2D eigenvalue weighted by atomic mass is 16.7. The average molecular weight is 457 g/mol. The molecule has 1 aromatic heterocycles. The molecule has 186 valence electrons. The molecule has 5 N–H and O–H groups in total. The average Bonchev–Trinajstić information content (AvgIpc) is 3.25. The molecule has 2 rings (SSSR count). The second-order valence-corrected chi connectivity index (χ2v) is 8.92. The van der Waals surface area contributed by atoms with Crippen molar-refractivity contribution in [2.24, 2.45) is 5.73 Å². The van der Waals surface area contributed by atoms with Crippen LogP contribution in [0.3, 0.4) is 0 Å². The Hall–Kier alpha value is -1.10. The van der Waals surface area contributed by atoms with E-state index in [-0.39, 0.29) is 13.2 Å². The molecule has 9 heteroatoms. The third-order valence-electron chi connectivity index (χ3n) is 6.12. The second-order valence-electron chi connectivity index (χ2n) is 8.92. The molecule has 2 heterocycles. The molecule has 5 atom stereocenters. The van der Waals surface area contributed by atoms with E-state index >= 15 is 0 Å². The number of nitrogens with zero attached hydrogens (tertiary/aromatic N) is 3. The first-order valence-corrected chi connectivity index (χ1v) is 12.5. The highest BCUT2D eigenvalue weighted by molar-refractivity contribution is 4.92. The molecule has 0 saturated carbocycles. The Morgan fingerprint density at radius 1 is 0.906 bits per heavy atom. The molecule has 32 heavy (non-hydrogen) atoms. The monoisotopic (exact) mass is 456 g/mol. The van der Waals surface area contributed by atoms with Crippen LogP contribution < -0.4 is 5.73 Å². The summed E-state index contributed by atoms with van der Waals surface area (Å²) in [6.45, 7) is 3.17. The normalized spacial score (nSPS) is 26.0. The van der Waals surface area contributed by atoms with Gasteiger partial charge in [-0.25, -0.2) is 0 Å². The zero-order chi connectivity index (χ0) is 23.2. The molecule has 0 aromatic carbocycles. The van der Waals surface area contributed by atoms with Crippen LogP contribution in [0.15, 0.2) is 6.20 Å². The van der Waals surface area contributed by atoms with Crippen molar-refractivity contribution in [3.05, 3.63) is 11.9 Å². The Morgan fingerprint density at radius 2 is 1.50 bits per heavy atom. The SMILES string of the molecule is CCCCCCCCCCCCCCn1cc(CO[C@@H]2O[C@H](CN)[C@H](O)[C@H](O)[C@H]2O)nn1. The lowest BCUT2D eigenvalue weighted by Gasteiger charge is -2.39. The van der Waals surface area contributed by atoms with Crippen molar-refractivity contribution >= 4 is 0 Å². The van der Waals surface area contributed by atoms with Crippen LogP contribution in [0, 0.1) is 0 Å². The van der Waals surface area contributed by atoms with Gasteiger partial charge in [0, 0.05) is 13.1 Å². The molecule has 9 nitrogen and oxygen atoms in total. The molecule has 1 saturated heterocycles. The Bertz CT molecular complexity index is 601. The highest BCUT2D eigenvalue weighted by Crippen LogP contribution is 2.22. The molecule has 0 aliphatic carbocycles. The van der Waals surface area contributed by atoms with Gasteiger partial charge in [0.25, 0.3) is 0 Å². The standard InChI is InChI=1S/C23H44N4O5/c1-2-3-4-5-6-7-8-9-10-11-12-13-14-27-16-18(25-26-27)17-31-23-22(30)21(29)20(28)19(15-24)32-23/h16,19-23,28-30H,2-15,17,24H2,1H3/t19-,20+,21+,22-,23-/m1/s1. The van der Waals surface area contributed by atoms with Crippen molar-refractivity contribution < 1.29 is 24.8 Å². The maximum atomic E-state index is 10.0. The fourth-order valence-corrected chi connectivity index (χ4v) is 4.05. The number of hydrogen-bond acceptors (Lipinski definition) is 8. The van der Waals surface area contributed by atoms with E-state index in [0.717, 1.165) is 13.0 Å². The Morgan fingerprint density at radius 3 is 2.09 bits per heavy atom. The van der Waals surface area contributed by atoms with E-state index in [2.05, 4.69) is 17.2 Å². The van der Waals surface area contributed by atoms with Crippen LogP contribution >= 0.6 is 0 Å². The smallest absolute Gasteiger partial charge is 0.187 e. The highest BCUT2D eigenvalue weighted by Gasteiger charge is 2.43. The largest absolute Gasteiger partial charge is 0.388 e. The zero-order valence-electron chi connectivity index (χ0n) is 19.6. The summed E-state index contributed by atoms with van der Waals surface area (Å²) in [5.74, 6) is 0. The summed E-state index contributed by atoms with van der Waals surface area (Å²) in [6, 6.07) is 0. The summed E-state index contributed by atoms with van der Waals surface area (Å²) in [7, 11) is 0. The second kappa shape index (κ2) is 15.7. The third-order valence-corrected chi connectivity index (χ3v) is 6.12. The van der Waals surface area contributed by atoms with Crippen LogP contribution in [0.4, 0.5) is 0 Å². The maximum absolute atomic E-state index is 10.0. The molecule has 0 unspecified atom stereocenters. The minimum Gasteiger partial charge on any atom is -0.388 e. The van der Waals surface area contributed by atoms with Gasteiger partial charge in [-0.05, 0) is 6.42 Å². The van der Waals surface area contributed by atoms with Crippen molar-refractivity contribution in [3.8, 4) is 0 Å². The summed E-state index contributed by atoms with van der Waals surface area (Å²) < 4.78 is 12.8. The zero-order valence-corrected chi connectivity index (χ0v) is 19.6. The van der Waals surface area contributed by atoms with Crippen LogP contribution in [0.2, 0.25) is 0 Å². The molecule has 1 fully saturated rings. The summed E-state index contributed by atoms with van der Waals surface area (Å²) >= 11 is 0. The Balaban J connectivity index is 1.53. The van der Waals surface area contributed by atoms with Gasteiger partial charge in [0.2, 0.25) is 0 Å². The minimum atomic E-state index is -1.37. The molecule has 1 aliphatic rings. The van der Waals surface area contributed by atoms with Crippen molar-refractivity contribution in [1.82, 2.24) is 15.0 Å². The van der Waals surface area contributed by atoms with Gasteiger partial charge in [0.15, 0.2) is 6.29 Å². The number of nitrogens with two attached hydrogens (primary N) is 1. The van der Waals surface area contributed by atoms with Gasteiger partial charge in [-0.1, -0.05) is 82.8 Å². The lowest BCUT2D eigenvalue weighted by molar-refractivity contribution is -0.297. The van der Waals surface area contributed by atoms with Crippen molar-refractivity contribution in [1.29, 1.82) is 0 Å². The van der Waals surface area contributed by atoms with Crippen molar-refractivity contribution in [2.75, 3.05) is 6.54 Å². The van der Waals surface area contributed by atoms with Crippen LogP contribution in [0.5, 0.6) is 0 Å². The number of unbranched alkanes of at least 4 members (excludes halogenated alkanes) is 11. The first kappa shape index (κ1) is 27.1. The van der Waals surface area contributed by atoms with E-state index in [0.29, 0.717) is 5.69 Å². The van der Waals surface area contributed by atoms with Crippen LogP contribution in [-0.4, -0.2) is 67.6 Å².